The first-order valence-corrected chi connectivity index (χ1v) is 12.9. The first-order chi connectivity index (χ1) is 15.9. The van der Waals surface area contributed by atoms with Gasteiger partial charge in [-0.25, -0.2) is 23.2 Å². The number of aryl methyl sites for hydroxylation is 1. The molecule has 2 aromatic heterocycles. The van der Waals surface area contributed by atoms with E-state index in [9.17, 15) is 18.0 Å². The molecule has 0 bridgehead atoms. The minimum absolute atomic E-state index is 0.0252. The number of anilines is 1. The SMILES string of the molecule is COC(=O)c1cc2cc3n(c2cc1S(C)(=O)=O)CCN(c1ncc(C(C)=O)c(C)n1)[C@@H]3C(C)C. The number of Topliss-reactive ketones (excluding diaryl/α,β-unsaturated/α-hetero) is 1. The standard InChI is InChI=1S/C24H28N4O5S/c1-13(2)22-20-10-16-9-17(23(30)33-5)21(34(6,31)32)11-19(16)27(20)7-8-28(22)24-25-12-18(15(4)29)14(3)26-24/h9-13,22H,7-8H2,1-6H3/t22-/m1/s1. The lowest BCUT2D eigenvalue weighted by Gasteiger charge is -2.39. The third kappa shape index (κ3) is 3.96. The molecule has 0 N–H and O–H groups in total. The van der Waals surface area contributed by atoms with Gasteiger partial charge in [0.2, 0.25) is 5.95 Å². The van der Waals surface area contributed by atoms with E-state index in [1.165, 1.54) is 14.0 Å². The van der Waals surface area contributed by atoms with E-state index in [0.29, 0.717) is 30.3 Å². The predicted octanol–water partition coefficient (Wildman–Crippen LogP) is 3.35. The number of benzene rings is 1. The van der Waals surface area contributed by atoms with Crippen molar-refractivity contribution in [3.05, 3.63) is 46.9 Å². The van der Waals surface area contributed by atoms with Crippen molar-refractivity contribution in [1.82, 2.24) is 14.5 Å². The maximum atomic E-state index is 12.5. The van der Waals surface area contributed by atoms with Gasteiger partial charge in [0.1, 0.15) is 0 Å². The molecular weight excluding hydrogens is 456 g/mol. The zero-order chi connectivity index (χ0) is 24.9. The number of carbonyl (C=O) groups is 2. The van der Waals surface area contributed by atoms with E-state index in [2.05, 4.69) is 33.3 Å². The second kappa shape index (κ2) is 8.50. The molecule has 10 heteroatoms. The van der Waals surface area contributed by atoms with Crippen LogP contribution in [-0.2, 0) is 21.1 Å². The van der Waals surface area contributed by atoms with Crippen LogP contribution in [-0.4, -0.2) is 54.6 Å². The monoisotopic (exact) mass is 484 g/mol. The number of carbonyl (C=O) groups excluding carboxylic acids is 2. The van der Waals surface area contributed by atoms with Crippen molar-refractivity contribution in [2.24, 2.45) is 5.92 Å². The number of fused-ring (bicyclic) bond motifs is 3. The number of aromatic nitrogens is 3. The van der Waals surface area contributed by atoms with Crippen LogP contribution in [0.1, 0.15) is 58.9 Å². The van der Waals surface area contributed by atoms with E-state index in [4.69, 9.17) is 4.74 Å². The molecule has 0 unspecified atom stereocenters. The van der Waals surface area contributed by atoms with Gasteiger partial charge in [0.25, 0.3) is 0 Å². The van der Waals surface area contributed by atoms with Crippen molar-refractivity contribution >= 4 is 38.4 Å². The van der Waals surface area contributed by atoms with Crippen LogP contribution in [0, 0.1) is 12.8 Å². The Labute approximate surface area is 198 Å². The molecule has 9 nitrogen and oxygen atoms in total. The molecule has 1 aliphatic heterocycles. The molecule has 0 spiro atoms. The third-order valence-electron chi connectivity index (χ3n) is 6.28. The summed E-state index contributed by atoms with van der Waals surface area (Å²) in [7, 11) is -2.42. The number of rotatable bonds is 5. The molecule has 4 rings (SSSR count). The van der Waals surface area contributed by atoms with Gasteiger partial charge in [0.15, 0.2) is 15.6 Å². The largest absolute Gasteiger partial charge is 0.465 e. The molecule has 3 heterocycles. The van der Waals surface area contributed by atoms with Crippen molar-refractivity contribution in [2.45, 2.75) is 45.2 Å². The third-order valence-corrected chi connectivity index (χ3v) is 7.41. The van der Waals surface area contributed by atoms with Crippen LogP contribution in [0.5, 0.6) is 0 Å². The molecule has 0 aliphatic carbocycles. The quantitative estimate of drug-likeness (QED) is 0.400. The summed E-state index contributed by atoms with van der Waals surface area (Å²) in [5.41, 5.74) is 2.88. The summed E-state index contributed by atoms with van der Waals surface area (Å²) in [6, 6.07) is 5.05. The Balaban J connectivity index is 1.89. The molecule has 0 fully saturated rings. The fourth-order valence-electron chi connectivity index (χ4n) is 4.75. The first kappa shape index (κ1) is 23.9. The Hall–Kier alpha value is -3.27. The number of ether oxygens (including phenoxy) is 1. The van der Waals surface area contributed by atoms with Gasteiger partial charge in [0, 0.05) is 42.1 Å². The summed E-state index contributed by atoms with van der Waals surface area (Å²) in [6.45, 7) is 8.68. The van der Waals surface area contributed by atoms with Gasteiger partial charge >= 0.3 is 5.97 Å². The summed E-state index contributed by atoms with van der Waals surface area (Å²) in [5, 5.41) is 0.763. The smallest absolute Gasteiger partial charge is 0.339 e. The van der Waals surface area contributed by atoms with Crippen molar-refractivity contribution in [3.63, 3.8) is 0 Å². The lowest BCUT2D eigenvalue weighted by Crippen LogP contribution is -2.41. The molecule has 3 aromatic rings. The maximum Gasteiger partial charge on any atom is 0.339 e. The van der Waals surface area contributed by atoms with E-state index in [-0.39, 0.29) is 28.2 Å². The zero-order valence-electron chi connectivity index (χ0n) is 20.1. The van der Waals surface area contributed by atoms with Gasteiger partial charge in [-0.15, -0.1) is 0 Å². The number of ketones is 1. The summed E-state index contributed by atoms with van der Waals surface area (Å²) in [6.07, 6.45) is 2.66. The van der Waals surface area contributed by atoms with Crippen LogP contribution in [0.15, 0.2) is 29.3 Å². The lowest BCUT2D eigenvalue weighted by atomic mass is 9.97. The van der Waals surface area contributed by atoms with Crippen LogP contribution >= 0.6 is 0 Å². The number of hydrogen-bond donors (Lipinski definition) is 0. The Kier molecular flexibility index (Phi) is 5.97. The van der Waals surface area contributed by atoms with E-state index in [1.807, 2.05) is 6.07 Å². The second-order valence-electron chi connectivity index (χ2n) is 9.00. The minimum atomic E-state index is -3.66. The Morgan fingerprint density at radius 2 is 1.85 bits per heavy atom. The molecule has 34 heavy (non-hydrogen) atoms. The van der Waals surface area contributed by atoms with E-state index >= 15 is 0 Å². The fourth-order valence-corrected chi connectivity index (χ4v) is 5.62. The van der Waals surface area contributed by atoms with Crippen LogP contribution in [0.4, 0.5) is 5.95 Å². The fraction of sp³-hybridized carbons (Fsp3) is 0.417. The van der Waals surface area contributed by atoms with Gasteiger partial charge < -0.3 is 14.2 Å². The van der Waals surface area contributed by atoms with Crippen molar-refractivity contribution in [1.29, 1.82) is 0 Å². The summed E-state index contributed by atoms with van der Waals surface area (Å²) < 4.78 is 31.9. The highest BCUT2D eigenvalue weighted by Gasteiger charge is 2.34. The van der Waals surface area contributed by atoms with Gasteiger partial charge in [-0.2, -0.15) is 0 Å². The second-order valence-corrected chi connectivity index (χ2v) is 11.0. The van der Waals surface area contributed by atoms with Crippen LogP contribution in [0.3, 0.4) is 0 Å². The van der Waals surface area contributed by atoms with Crippen molar-refractivity contribution in [2.75, 3.05) is 24.8 Å². The topological polar surface area (TPSA) is 111 Å². The number of esters is 1. The van der Waals surface area contributed by atoms with Crippen LogP contribution < -0.4 is 4.90 Å². The molecular formula is C24H28N4O5S. The molecule has 0 amide bonds. The van der Waals surface area contributed by atoms with Crippen molar-refractivity contribution < 1.29 is 22.7 Å². The maximum absolute atomic E-state index is 12.5. The summed E-state index contributed by atoms with van der Waals surface area (Å²) in [5.74, 6) is -0.0479. The highest BCUT2D eigenvalue weighted by Crippen LogP contribution is 2.39. The number of nitrogens with zero attached hydrogens (tertiary/aromatic N) is 4. The van der Waals surface area contributed by atoms with Crippen LogP contribution in [0.2, 0.25) is 0 Å². The molecule has 0 saturated carbocycles. The molecule has 180 valence electrons. The Bertz CT molecular complexity index is 1420. The molecule has 0 saturated heterocycles. The number of methoxy groups -OCH3 is 1. The average molecular weight is 485 g/mol. The normalized spacial score (nSPS) is 16.1. The predicted molar refractivity (Wildman–Crippen MR) is 128 cm³/mol. The highest BCUT2D eigenvalue weighted by molar-refractivity contribution is 7.90. The molecule has 1 aliphatic rings. The molecule has 0 radical (unpaired) electrons. The number of hydrogen-bond acceptors (Lipinski definition) is 8. The summed E-state index contributed by atoms with van der Waals surface area (Å²) >= 11 is 0. The molecule has 1 aromatic carbocycles. The van der Waals surface area contributed by atoms with E-state index in [1.54, 1.807) is 25.3 Å². The highest BCUT2D eigenvalue weighted by atomic mass is 32.2. The minimum Gasteiger partial charge on any atom is -0.465 e. The van der Waals surface area contributed by atoms with Gasteiger partial charge in [-0.1, -0.05) is 13.8 Å². The Morgan fingerprint density at radius 3 is 2.41 bits per heavy atom. The van der Waals surface area contributed by atoms with Gasteiger partial charge in [-0.3, -0.25) is 4.79 Å². The Morgan fingerprint density at radius 1 is 1.15 bits per heavy atom. The lowest BCUT2D eigenvalue weighted by molar-refractivity contribution is 0.0596. The van der Waals surface area contributed by atoms with Gasteiger partial charge in [-0.05, 0) is 38.0 Å². The van der Waals surface area contributed by atoms with Crippen molar-refractivity contribution in [3.8, 4) is 0 Å². The van der Waals surface area contributed by atoms with Gasteiger partial charge in [0.05, 0.1) is 34.9 Å². The molecule has 1 atom stereocenters. The number of sulfone groups is 1. The van der Waals surface area contributed by atoms with E-state index in [0.717, 1.165) is 22.9 Å². The summed E-state index contributed by atoms with van der Waals surface area (Å²) in [4.78, 5) is 35.3. The average Bonchev–Trinajstić information content (AvgIpc) is 3.13. The first-order valence-electron chi connectivity index (χ1n) is 11.0. The van der Waals surface area contributed by atoms with Crippen LogP contribution in [0.25, 0.3) is 10.9 Å². The zero-order valence-corrected chi connectivity index (χ0v) is 20.9. The van der Waals surface area contributed by atoms with E-state index < -0.39 is 15.8 Å².